The Hall–Kier alpha value is -1.11. The molecule has 1 aromatic rings. The monoisotopic (exact) mass is 272 g/mol. The molecule has 102 valence electrons. The van der Waals surface area contributed by atoms with E-state index in [1.807, 2.05) is 0 Å². The molecule has 0 spiro atoms. The van der Waals surface area contributed by atoms with E-state index in [0.29, 0.717) is 25.2 Å². The predicted molar refractivity (Wildman–Crippen MR) is 72.1 cm³/mol. The van der Waals surface area contributed by atoms with E-state index in [4.69, 9.17) is 0 Å². The van der Waals surface area contributed by atoms with Crippen LogP contribution in [-0.2, 0) is 10.0 Å². The van der Waals surface area contributed by atoms with Crippen molar-refractivity contribution in [3.05, 3.63) is 24.3 Å². The summed E-state index contributed by atoms with van der Waals surface area (Å²) in [6.45, 7) is 4.31. The van der Waals surface area contributed by atoms with Crippen molar-refractivity contribution >= 4 is 15.7 Å². The third-order valence-corrected chi connectivity index (χ3v) is 3.99. The van der Waals surface area contributed by atoms with Crippen LogP contribution in [0.1, 0.15) is 20.3 Å². The summed E-state index contributed by atoms with van der Waals surface area (Å²) in [4.78, 5) is 0.234. The SMILES string of the molecule is CCNS(=O)(=O)c1ccccc1NCCC(C)O. The quantitative estimate of drug-likeness (QED) is 0.696. The summed E-state index contributed by atoms with van der Waals surface area (Å²) in [7, 11) is -3.47. The Morgan fingerprint density at radius 2 is 2.00 bits per heavy atom. The van der Waals surface area contributed by atoms with Crippen LogP contribution >= 0.6 is 0 Å². The zero-order valence-corrected chi connectivity index (χ0v) is 11.5. The maximum Gasteiger partial charge on any atom is 0.242 e. The van der Waals surface area contributed by atoms with E-state index in [1.165, 1.54) is 0 Å². The van der Waals surface area contributed by atoms with Crippen molar-refractivity contribution in [3.8, 4) is 0 Å². The van der Waals surface area contributed by atoms with Gasteiger partial charge in [0.05, 0.1) is 11.8 Å². The molecule has 1 unspecified atom stereocenters. The van der Waals surface area contributed by atoms with Gasteiger partial charge in [-0.2, -0.15) is 0 Å². The molecule has 1 atom stereocenters. The maximum atomic E-state index is 11.9. The molecule has 0 aliphatic carbocycles. The Morgan fingerprint density at radius 1 is 1.33 bits per heavy atom. The van der Waals surface area contributed by atoms with E-state index in [2.05, 4.69) is 10.0 Å². The first kappa shape index (κ1) is 14.9. The van der Waals surface area contributed by atoms with Crippen molar-refractivity contribution in [1.29, 1.82) is 0 Å². The molecule has 0 saturated heterocycles. The average molecular weight is 272 g/mol. The lowest BCUT2D eigenvalue weighted by Gasteiger charge is -2.13. The lowest BCUT2D eigenvalue weighted by molar-refractivity contribution is 0.188. The summed E-state index contributed by atoms with van der Waals surface area (Å²) in [6.07, 6.45) is 0.158. The van der Waals surface area contributed by atoms with Gasteiger partial charge in [0.25, 0.3) is 0 Å². The molecule has 18 heavy (non-hydrogen) atoms. The second-order valence-electron chi connectivity index (χ2n) is 4.06. The maximum absolute atomic E-state index is 11.9. The first-order valence-corrected chi connectivity index (χ1v) is 7.46. The standard InChI is InChI=1S/C12H20N2O3S/c1-3-14-18(16,17)12-7-5-4-6-11(12)13-9-8-10(2)15/h4-7,10,13-15H,3,8-9H2,1-2H3. The van der Waals surface area contributed by atoms with Gasteiger partial charge < -0.3 is 10.4 Å². The van der Waals surface area contributed by atoms with Crippen molar-refractivity contribution in [3.63, 3.8) is 0 Å². The number of nitrogens with one attached hydrogen (secondary N) is 2. The average Bonchev–Trinajstić information content (AvgIpc) is 2.29. The Balaban J connectivity index is 2.86. The molecule has 0 aliphatic rings. The summed E-state index contributed by atoms with van der Waals surface area (Å²) in [5.74, 6) is 0. The van der Waals surface area contributed by atoms with Gasteiger partial charge in [0.15, 0.2) is 0 Å². The number of hydrogen-bond donors (Lipinski definition) is 3. The van der Waals surface area contributed by atoms with E-state index >= 15 is 0 Å². The first-order valence-electron chi connectivity index (χ1n) is 5.98. The number of rotatable bonds is 7. The highest BCUT2D eigenvalue weighted by molar-refractivity contribution is 7.89. The zero-order valence-electron chi connectivity index (χ0n) is 10.7. The minimum atomic E-state index is -3.47. The van der Waals surface area contributed by atoms with Crippen molar-refractivity contribution in [2.24, 2.45) is 0 Å². The fourth-order valence-corrected chi connectivity index (χ4v) is 2.75. The van der Waals surface area contributed by atoms with E-state index < -0.39 is 16.1 Å². The van der Waals surface area contributed by atoms with Crippen LogP contribution < -0.4 is 10.0 Å². The Labute approximate surface area is 108 Å². The largest absolute Gasteiger partial charge is 0.393 e. The lowest BCUT2D eigenvalue weighted by Crippen LogP contribution is -2.24. The molecule has 1 rings (SSSR count). The van der Waals surface area contributed by atoms with Gasteiger partial charge in [0.2, 0.25) is 10.0 Å². The van der Waals surface area contributed by atoms with E-state index in [-0.39, 0.29) is 4.90 Å². The zero-order chi connectivity index (χ0) is 13.6. The number of hydrogen-bond acceptors (Lipinski definition) is 4. The molecule has 3 N–H and O–H groups in total. The summed E-state index contributed by atoms with van der Waals surface area (Å²) >= 11 is 0. The van der Waals surface area contributed by atoms with Crippen LogP contribution in [0, 0.1) is 0 Å². The fraction of sp³-hybridized carbons (Fsp3) is 0.500. The molecule has 5 nitrogen and oxygen atoms in total. The Morgan fingerprint density at radius 3 is 2.61 bits per heavy atom. The highest BCUT2D eigenvalue weighted by Gasteiger charge is 2.16. The topological polar surface area (TPSA) is 78.4 Å². The van der Waals surface area contributed by atoms with Gasteiger partial charge in [-0.05, 0) is 25.5 Å². The third kappa shape index (κ3) is 4.29. The van der Waals surface area contributed by atoms with Crippen LogP contribution in [0.3, 0.4) is 0 Å². The summed E-state index contributed by atoms with van der Waals surface area (Å²) in [5.41, 5.74) is 0.555. The molecule has 6 heteroatoms. The molecule has 0 fully saturated rings. The van der Waals surface area contributed by atoms with Crippen LogP contribution in [0.4, 0.5) is 5.69 Å². The molecular formula is C12H20N2O3S. The number of sulfonamides is 1. The Bertz CT molecular complexity index is 472. The van der Waals surface area contributed by atoms with Crippen molar-refractivity contribution in [2.45, 2.75) is 31.3 Å². The van der Waals surface area contributed by atoms with Crippen LogP contribution in [0.2, 0.25) is 0 Å². The van der Waals surface area contributed by atoms with Crippen molar-refractivity contribution in [2.75, 3.05) is 18.4 Å². The molecule has 0 radical (unpaired) electrons. The van der Waals surface area contributed by atoms with Gasteiger partial charge in [-0.3, -0.25) is 0 Å². The normalized spacial score (nSPS) is 13.3. The van der Waals surface area contributed by atoms with Crippen molar-refractivity contribution < 1.29 is 13.5 Å². The van der Waals surface area contributed by atoms with Crippen LogP contribution in [0.5, 0.6) is 0 Å². The van der Waals surface area contributed by atoms with Gasteiger partial charge >= 0.3 is 0 Å². The fourth-order valence-electron chi connectivity index (χ4n) is 1.53. The molecule has 0 aromatic heterocycles. The van der Waals surface area contributed by atoms with Gasteiger partial charge in [0, 0.05) is 13.1 Å². The number of para-hydroxylation sites is 1. The minimum absolute atomic E-state index is 0.234. The van der Waals surface area contributed by atoms with Crippen LogP contribution in [0.25, 0.3) is 0 Å². The minimum Gasteiger partial charge on any atom is -0.393 e. The second kappa shape index (κ2) is 6.72. The molecular weight excluding hydrogens is 252 g/mol. The third-order valence-electron chi connectivity index (χ3n) is 2.39. The molecule has 0 bridgehead atoms. The number of aliphatic hydroxyl groups excluding tert-OH is 1. The summed E-state index contributed by atoms with van der Waals surface area (Å²) < 4.78 is 26.4. The molecule has 0 amide bonds. The van der Waals surface area contributed by atoms with Crippen LogP contribution in [-0.4, -0.2) is 32.7 Å². The lowest BCUT2D eigenvalue weighted by atomic mass is 10.2. The van der Waals surface area contributed by atoms with E-state index in [0.717, 1.165) is 0 Å². The number of anilines is 1. The number of benzene rings is 1. The first-order chi connectivity index (χ1) is 8.47. The molecule has 0 aliphatic heterocycles. The predicted octanol–water partition coefficient (Wildman–Crippen LogP) is 1.17. The summed E-state index contributed by atoms with van der Waals surface area (Å²) in [6, 6.07) is 6.73. The molecule has 1 aromatic carbocycles. The van der Waals surface area contributed by atoms with Crippen molar-refractivity contribution in [1.82, 2.24) is 4.72 Å². The Kier molecular flexibility index (Phi) is 5.58. The molecule has 0 heterocycles. The molecule has 0 saturated carbocycles. The summed E-state index contributed by atoms with van der Waals surface area (Å²) in [5, 5.41) is 12.2. The van der Waals surface area contributed by atoms with E-state index in [9.17, 15) is 13.5 Å². The van der Waals surface area contributed by atoms with Gasteiger partial charge in [-0.15, -0.1) is 0 Å². The van der Waals surface area contributed by atoms with E-state index in [1.54, 1.807) is 38.1 Å². The van der Waals surface area contributed by atoms with Gasteiger partial charge in [-0.25, -0.2) is 13.1 Å². The second-order valence-corrected chi connectivity index (χ2v) is 5.80. The van der Waals surface area contributed by atoms with Gasteiger partial charge in [0.1, 0.15) is 4.90 Å². The smallest absolute Gasteiger partial charge is 0.242 e. The highest BCUT2D eigenvalue weighted by Crippen LogP contribution is 2.20. The number of aliphatic hydroxyl groups is 1. The highest BCUT2D eigenvalue weighted by atomic mass is 32.2. The van der Waals surface area contributed by atoms with Gasteiger partial charge in [-0.1, -0.05) is 19.1 Å². The van der Waals surface area contributed by atoms with Crippen LogP contribution in [0.15, 0.2) is 29.2 Å².